The van der Waals surface area contributed by atoms with Crippen LogP contribution in [0.4, 0.5) is 0 Å². The minimum absolute atomic E-state index is 0.0100. The van der Waals surface area contributed by atoms with Crippen LogP contribution in [0.2, 0.25) is 0 Å². The molecule has 1 N–H and O–H groups in total. The fraction of sp³-hybridized carbons (Fsp3) is 0.235. The third-order valence-electron chi connectivity index (χ3n) is 4.46. The van der Waals surface area contributed by atoms with E-state index in [-0.39, 0.29) is 18.1 Å². The largest absolute Gasteiger partial charge is 0.494 e. The Balaban J connectivity index is 2.29. The first-order valence-electron chi connectivity index (χ1n) is 6.91. The van der Waals surface area contributed by atoms with Crippen molar-refractivity contribution in [2.45, 2.75) is 12.5 Å². The summed E-state index contributed by atoms with van der Waals surface area (Å²) in [6.07, 6.45) is -0.347. The number of carbonyl (C=O) groups is 1. The number of Topliss-reactive ketones (excluding diaryl/α,β-unsaturated/α-hetero) is 1. The molecule has 1 aliphatic carbocycles. The average molecular weight is 281 g/mol. The van der Waals surface area contributed by atoms with Gasteiger partial charge in [-0.2, -0.15) is 0 Å². The molecule has 1 heterocycles. The predicted octanol–water partition coefficient (Wildman–Crippen LogP) is 2.85. The maximum Gasteiger partial charge on any atom is 0.195 e. The van der Waals surface area contributed by atoms with Crippen LogP contribution in [0.25, 0.3) is 21.7 Å². The van der Waals surface area contributed by atoms with Crippen molar-refractivity contribution in [2.24, 2.45) is 7.05 Å². The van der Waals surface area contributed by atoms with Gasteiger partial charge in [0.2, 0.25) is 0 Å². The van der Waals surface area contributed by atoms with E-state index in [1.165, 1.54) is 0 Å². The molecule has 2 aromatic carbocycles. The lowest BCUT2D eigenvalue weighted by Gasteiger charge is -2.22. The number of nitrogens with zero attached hydrogens (tertiary/aromatic N) is 1. The van der Waals surface area contributed by atoms with Crippen LogP contribution in [0, 0.1) is 0 Å². The Kier molecular flexibility index (Phi) is 2.41. The van der Waals surface area contributed by atoms with Crippen molar-refractivity contribution in [1.82, 2.24) is 4.57 Å². The number of aryl methyl sites for hydroxylation is 1. The summed E-state index contributed by atoms with van der Waals surface area (Å²) in [6, 6.07) is 10.00. The topological polar surface area (TPSA) is 51.5 Å². The molecule has 1 atom stereocenters. The number of carbonyl (C=O) groups excluding carboxylic acids is 1. The maximum atomic E-state index is 12.4. The first-order valence-corrected chi connectivity index (χ1v) is 6.91. The van der Waals surface area contributed by atoms with Gasteiger partial charge in [0.25, 0.3) is 0 Å². The Morgan fingerprint density at radius 2 is 2.10 bits per heavy atom. The zero-order chi connectivity index (χ0) is 14.7. The van der Waals surface area contributed by atoms with Crippen LogP contribution in [-0.4, -0.2) is 22.6 Å². The van der Waals surface area contributed by atoms with Gasteiger partial charge in [-0.15, -0.1) is 0 Å². The Bertz CT molecular complexity index is 907. The Labute approximate surface area is 121 Å². The highest BCUT2D eigenvalue weighted by molar-refractivity contribution is 6.11. The number of hydrogen-bond acceptors (Lipinski definition) is 3. The number of benzene rings is 2. The van der Waals surface area contributed by atoms with E-state index in [2.05, 4.69) is 6.07 Å². The second-order valence-electron chi connectivity index (χ2n) is 5.53. The SMILES string of the molecule is COC1C(=O)Cc2c(O)n(C)c3cc4ccccc4c1c23. The van der Waals surface area contributed by atoms with Crippen LogP contribution in [0.5, 0.6) is 5.88 Å². The minimum atomic E-state index is -0.562. The monoisotopic (exact) mass is 281 g/mol. The molecule has 0 saturated carbocycles. The van der Waals surface area contributed by atoms with Crippen LogP contribution in [0.15, 0.2) is 30.3 Å². The van der Waals surface area contributed by atoms with Crippen molar-refractivity contribution in [1.29, 1.82) is 0 Å². The molecule has 21 heavy (non-hydrogen) atoms. The summed E-state index contributed by atoms with van der Waals surface area (Å²) in [7, 11) is 3.38. The second kappa shape index (κ2) is 4.09. The summed E-state index contributed by atoms with van der Waals surface area (Å²) in [4.78, 5) is 12.4. The van der Waals surface area contributed by atoms with Crippen LogP contribution in [0.3, 0.4) is 0 Å². The molecule has 0 aliphatic heterocycles. The summed E-state index contributed by atoms with van der Waals surface area (Å²) < 4.78 is 7.21. The molecule has 3 aromatic rings. The fourth-order valence-corrected chi connectivity index (χ4v) is 3.49. The van der Waals surface area contributed by atoms with Crippen molar-refractivity contribution in [3.63, 3.8) is 0 Å². The molecule has 4 nitrogen and oxygen atoms in total. The summed E-state index contributed by atoms with van der Waals surface area (Å²) in [6.45, 7) is 0. The number of aromatic hydroxyl groups is 1. The number of ether oxygens (including phenoxy) is 1. The molecule has 106 valence electrons. The smallest absolute Gasteiger partial charge is 0.195 e. The highest BCUT2D eigenvalue weighted by atomic mass is 16.5. The van der Waals surface area contributed by atoms with Gasteiger partial charge < -0.3 is 14.4 Å². The van der Waals surface area contributed by atoms with E-state index in [4.69, 9.17) is 4.74 Å². The lowest BCUT2D eigenvalue weighted by Crippen LogP contribution is -2.21. The van der Waals surface area contributed by atoms with Gasteiger partial charge >= 0.3 is 0 Å². The molecule has 0 fully saturated rings. The van der Waals surface area contributed by atoms with E-state index in [0.29, 0.717) is 5.56 Å². The normalized spacial score (nSPS) is 17.8. The van der Waals surface area contributed by atoms with Crippen molar-refractivity contribution < 1.29 is 14.6 Å². The molecule has 1 unspecified atom stereocenters. The van der Waals surface area contributed by atoms with Gasteiger partial charge in [0.1, 0.15) is 6.10 Å². The van der Waals surface area contributed by atoms with Gasteiger partial charge in [-0.05, 0) is 16.8 Å². The van der Waals surface area contributed by atoms with Crippen LogP contribution < -0.4 is 0 Å². The molecular formula is C17H15NO3. The maximum absolute atomic E-state index is 12.4. The zero-order valence-electron chi connectivity index (χ0n) is 11.9. The molecule has 4 rings (SSSR count). The lowest BCUT2D eigenvalue weighted by atomic mass is 9.86. The van der Waals surface area contributed by atoms with E-state index in [0.717, 1.165) is 27.2 Å². The summed E-state index contributed by atoms with van der Waals surface area (Å²) >= 11 is 0. The van der Waals surface area contributed by atoms with E-state index >= 15 is 0 Å². The van der Waals surface area contributed by atoms with Gasteiger partial charge in [0.15, 0.2) is 11.7 Å². The minimum Gasteiger partial charge on any atom is -0.494 e. The molecule has 1 aliphatic rings. The summed E-state index contributed by atoms with van der Waals surface area (Å²) in [5.74, 6) is 0.161. The Morgan fingerprint density at radius 3 is 2.86 bits per heavy atom. The average Bonchev–Trinajstić information content (AvgIpc) is 2.73. The number of rotatable bonds is 1. The fourth-order valence-electron chi connectivity index (χ4n) is 3.49. The number of ketones is 1. The Morgan fingerprint density at radius 1 is 1.33 bits per heavy atom. The van der Waals surface area contributed by atoms with E-state index < -0.39 is 6.10 Å². The third kappa shape index (κ3) is 1.45. The summed E-state index contributed by atoms with van der Waals surface area (Å²) in [5, 5.41) is 13.3. The van der Waals surface area contributed by atoms with Crippen molar-refractivity contribution in [3.05, 3.63) is 41.5 Å². The van der Waals surface area contributed by atoms with Crippen molar-refractivity contribution >= 4 is 27.5 Å². The van der Waals surface area contributed by atoms with E-state index in [1.807, 2.05) is 31.3 Å². The zero-order valence-corrected chi connectivity index (χ0v) is 11.9. The van der Waals surface area contributed by atoms with Gasteiger partial charge in [-0.3, -0.25) is 4.79 Å². The molecule has 4 heteroatoms. The van der Waals surface area contributed by atoms with Crippen molar-refractivity contribution in [3.8, 4) is 5.88 Å². The number of aromatic nitrogens is 1. The first kappa shape index (κ1) is 12.4. The quantitative estimate of drug-likeness (QED) is 0.746. The molecule has 0 radical (unpaired) electrons. The van der Waals surface area contributed by atoms with Crippen LogP contribution in [0.1, 0.15) is 17.2 Å². The van der Waals surface area contributed by atoms with E-state index in [9.17, 15) is 9.90 Å². The third-order valence-corrected chi connectivity index (χ3v) is 4.46. The predicted molar refractivity (Wildman–Crippen MR) is 80.6 cm³/mol. The van der Waals surface area contributed by atoms with Crippen LogP contribution in [-0.2, 0) is 23.0 Å². The van der Waals surface area contributed by atoms with Gasteiger partial charge in [0.05, 0.1) is 5.52 Å². The number of hydrogen-bond donors (Lipinski definition) is 1. The molecule has 0 saturated heterocycles. The molecule has 0 spiro atoms. The molecule has 1 aromatic heterocycles. The molecular weight excluding hydrogens is 266 g/mol. The lowest BCUT2D eigenvalue weighted by molar-refractivity contribution is -0.128. The molecule has 0 bridgehead atoms. The van der Waals surface area contributed by atoms with E-state index in [1.54, 1.807) is 11.7 Å². The van der Waals surface area contributed by atoms with Gasteiger partial charge in [-0.25, -0.2) is 0 Å². The highest BCUT2D eigenvalue weighted by Gasteiger charge is 2.34. The summed E-state index contributed by atoms with van der Waals surface area (Å²) in [5.41, 5.74) is 2.53. The second-order valence-corrected chi connectivity index (χ2v) is 5.53. The molecule has 0 amide bonds. The number of methoxy groups -OCH3 is 1. The van der Waals surface area contributed by atoms with Gasteiger partial charge in [-0.1, -0.05) is 24.3 Å². The van der Waals surface area contributed by atoms with Crippen LogP contribution >= 0.6 is 0 Å². The standard InChI is InChI=1S/C17H15NO3/c1-18-12-7-9-5-3-4-6-10(9)15-14(12)11(17(18)20)8-13(19)16(15)21-2/h3-7,16,20H,8H2,1-2H3. The first-order chi connectivity index (χ1) is 10.1. The van der Waals surface area contributed by atoms with Gasteiger partial charge in [0, 0.05) is 37.1 Å². The highest BCUT2D eigenvalue weighted by Crippen LogP contribution is 2.44. The number of fused-ring (bicyclic) bond motifs is 2. The van der Waals surface area contributed by atoms with Crippen molar-refractivity contribution in [2.75, 3.05) is 7.11 Å². The Hall–Kier alpha value is -2.33.